The van der Waals surface area contributed by atoms with E-state index < -0.39 is 11.7 Å². The van der Waals surface area contributed by atoms with Crippen LogP contribution in [-0.2, 0) is 17.4 Å². The lowest BCUT2D eigenvalue weighted by Gasteiger charge is -2.08. The van der Waals surface area contributed by atoms with Crippen LogP contribution in [0.1, 0.15) is 11.1 Å². The number of halogens is 3. The molecule has 1 amide bonds. The minimum Gasteiger partial charge on any atom is -0.326 e. The van der Waals surface area contributed by atoms with Crippen molar-refractivity contribution < 1.29 is 18.0 Å². The maximum Gasteiger partial charge on any atom is 0.416 e. The highest BCUT2D eigenvalue weighted by atomic mass is 19.4. The minimum absolute atomic E-state index is 0.00256. The van der Waals surface area contributed by atoms with Gasteiger partial charge in [0.05, 0.1) is 17.5 Å². The Hall–Kier alpha value is -2.83. The molecule has 2 heterocycles. The lowest BCUT2D eigenvalue weighted by Crippen LogP contribution is -2.14. The molecule has 118 valence electrons. The van der Waals surface area contributed by atoms with E-state index in [1.807, 2.05) is 0 Å². The first-order chi connectivity index (χ1) is 10.9. The molecule has 0 atom stereocenters. The Kier molecular flexibility index (Phi) is 3.77. The second-order valence-corrected chi connectivity index (χ2v) is 5.04. The molecule has 7 heteroatoms. The van der Waals surface area contributed by atoms with E-state index >= 15 is 0 Å². The van der Waals surface area contributed by atoms with E-state index in [4.69, 9.17) is 0 Å². The van der Waals surface area contributed by atoms with Crippen LogP contribution < -0.4 is 5.32 Å². The SMILES string of the molecule is O=C(Cc1ccc(C(F)(F)F)cc1)Nc1ccn2nccc2c1. The zero-order valence-electron chi connectivity index (χ0n) is 11.8. The third-order valence-corrected chi connectivity index (χ3v) is 3.33. The Morgan fingerprint density at radius 2 is 1.87 bits per heavy atom. The third-order valence-electron chi connectivity index (χ3n) is 3.33. The molecule has 0 bridgehead atoms. The van der Waals surface area contributed by atoms with Gasteiger partial charge in [-0.2, -0.15) is 18.3 Å². The number of nitrogens with zero attached hydrogens (tertiary/aromatic N) is 2. The number of benzene rings is 1. The van der Waals surface area contributed by atoms with Crippen LogP contribution in [0.2, 0.25) is 0 Å². The van der Waals surface area contributed by atoms with Crippen LogP contribution in [0.5, 0.6) is 0 Å². The first kappa shape index (κ1) is 15.1. The van der Waals surface area contributed by atoms with E-state index in [-0.39, 0.29) is 12.3 Å². The van der Waals surface area contributed by atoms with Gasteiger partial charge in [-0.3, -0.25) is 4.79 Å². The maximum atomic E-state index is 12.5. The summed E-state index contributed by atoms with van der Waals surface area (Å²) in [7, 11) is 0. The van der Waals surface area contributed by atoms with Crippen LogP contribution in [0, 0.1) is 0 Å². The molecule has 0 saturated carbocycles. The summed E-state index contributed by atoms with van der Waals surface area (Å²) in [5, 5.41) is 6.76. The van der Waals surface area contributed by atoms with E-state index in [0.29, 0.717) is 11.3 Å². The third kappa shape index (κ3) is 3.50. The molecule has 0 aliphatic heterocycles. The Labute approximate surface area is 129 Å². The average Bonchev–Trinajstić information content (AvgIpc) is 2.94. The van der Waals surface area contributed by atoms with Crippen LogP contribution in [-0.4, -0.2) is 15.5 Å². The summed E-state index contributed by atoms with van der Waals surface area (Å²) in [6.07, 6.45) is -1.02. The van der Waals surface area contributed by atoms with E-state index in [1.54, 1.807) is 35.1 Å². The van der Waals surface area contributed by atoms with Gasteiger partial charge >= 0.3 is 6.18 Å². The van der Waals surface area contributed by atoms with Gasteiger partial charge in [-0.1, -0.05) is 12.1 Å². The van der Waals surface area contributed by atoms with Crippen molar-refractivity contribution in [2.24, 2.45) is 0 Å². The van der Waals surface area contributed by atoms with E-state index in [1.165, 1.54) is 12.1 Å². The molecule has 0 radical (unpaired) electrons. The molecule has 2 aromatic heterocycles. The fourth-order valence-electron chi connectivity index (χ4n) is 2.20. The Morgan fingerprint density at radius 3 is 2.57 bits per heavy atom. The standard InChI is InChI=1S/C16H12F3N3O/c17-16(18,19)12-3-1-11(2-4-12)9-15(23)21-13-6-8-22-14(10-13)5-7-20-22/h1-8,10H,9H2,(H,21,23). The van der Waals surface area contributed by atoms with Gasteiger partial charge < -0.3 is 5.32 Å². The number of carbonyl (C=O) groups excluding carboxylic acids is 1. The number of anilines is 1. The highest BCUT2D eigenvalue weighted by molar-refractivity contribution is 5.92. The van der Waals surface area contributed by atoms with E-state index in [9.17, 15) is 18.0 Å². The number of hydrogen-bond donors (Lipinski definition) is 1. The molecule has 0 saturated heterocycles. The van der Waals surface area contributed by atoms with E-state index in [2.05, 4.69) is 10.4 Å². The smallest absolute Gasteiger partial charge is 0.326 e. The minimum atomic E-state index is -4.37. The average molecular weight is 319 g/mol. The van der Waals surface area contributed by atoms with E-state index in [0.717, 1.165) is 17.6 Å². The van der Waals surface area contributed by atoms with Gasteiger partial charge in [-0.05, 0) is 35.9 Å². The van der Waals surface area contributed by atoms with Crippen LogP contribution in [0.15, 0.2) is 54.9 Å². The number of nitrogens with one attached hydrogen (secondary N) is 1. The predicted octanol–water partition coefficient (Wildman–Crippen LogP) is 3.53. The van der Waals surface area contributed by atoms with Crippen molar-refractivity contribution in [2.75, 3.05) is 5.32 Å². The number of rotatable bonds is 3. The summed E-state index contributed by atoms with van der Waals surface area (Å²) >= 11 is 0. The molecule has 4 nitrogen and oxygen atoms in total. The molecule has 1 aromatic carbocycles. The maximum absolute atomic E-state index is 12.5. The van der Waals surface area contributed by atoms with Crippen LogP contribution in [0.4, 0.5) is 18.9 Å². The largest absolute Gasteiger partial charge is 0.416 e. The fraction of sp³-hybridized carbons (Fsp3) is 0.125. The number of hydrogen-bond acceptors (Lipinski definition) is 2. The topological polar surface area (TPSA) is 46.4 Å². The summed E-state index contributed by atoms with van der Waals surface area (Å²) in [6.45, 7) is 0. The second-order valence-electron chi connectivity index (χ2n) is 5.04. The molecule has 0 spiro atoms. The van der Waals surface area contributed by atoms with Crippen molar-refractivity contribution in [1.29, 1.82) is 0 Å². The Balaban J connectivity index is 1.66. The van der Waals surface area contributed by atoms with Crippen molar-refractivity contribution in [3.05, 3.63) is 66.0 Å². The Bertz CT molecular complexity index is 838. The molecule has 3 aromatic rings. The molecule has 0 aliphatic rings. The summed E-state index contributed by atoms with van der Waals surface area (Å²) in [5.41, 5.74) is 1.22. The first-order valence-corrected chi connectivity index (χ1v) is 6.81. The molecular formula is C16H12F3N3O. The molecule has 3 rings (SSSR count). The number of fused-ring (bicyclic) bond motifs is 1. The highest BCUT2D eigenvalue weighted by Crippen LogP contribution is 2.29. The lowest BCUT2D eigenvalue weighted by atomic mass is 10.1. The fourth-order valence-corrected chi connectivity index (χ4v) is 2.20. The summed E-state index contributed by atoms with van der Waals surface area (Å²) in [5.74, 6) is -0.298. The number of carbonyl (C=O) groups is 1. The van der Waals surface area contributed by atoms with Crippen molar-refractivity contribution in [2.45, 2.75) is 12.6 Å². The van der Waals surface area contributed by atoms with Crippen LogP contribution >= 0.6 is 0 Å². The van der Waals surface area contributed by atoms with Gasteiger partial charge in [0.1, 0.15) is 0 Å². The number of amides is 1. The van der Waals surface area contributed by atoms with Crippen molar-refractivity contribution in [1.82, 2.24) is 9.61 Å². The summed E-state index contributed by atoms with van der Waals surface area (Å²) in [4.78, 5) is 12.0. The number of aromatic nitrogens is 2. The number of alkyl halides is 3. The van der Waals surface area contributed by atoms with Crippen molar-refractivity contribution >= 4 is 17.1 Å². The zero-order valence-corrected chi connectivity index (χ0v) is 11.8. The van der Waals surface area contributed by atoms with Crippen molar-refractivity contribution in [3.8, 4) is 0 Å². The van der Waals surface area contributed by atoms with Gasteiger partial charge in [-0.15, -0.1) is 0 Å². The molecular weight excluding hydrogens is 307 g/mol. The highest BCUT2D eigenvalue weighted by Gasteiger charge is 2.29. The molecule has 0 fully saturated rings. The second kappa shape index (κ2) is 5.75. The molecule has 0 aliphatic carbocycles. The van der Waals surface area contributed by atoms with Gasteiger partial charge in [0, 0.05) is 18.1 Å². The van der Waals surface area contributed by atoms with Crippen LogP contribution in [0.25, 0.3) is 5.52 Å². The normalized spacial score (nSPS) is 11.6. The monoisotopic (exact) mass is 319 g/mol. The van der Waals surface area contributed by atoms with Crippen LogP contribution in [0.3, 0.4) is 0 Å². The lowest BCUT2D eigenvalue weighted by molar-refractivity contribution is -0.137. The van der Waals surface area contributed by atoms with Gasteiger partial charge in [0.2, 0.25) is 5.91 Å². The quantitative estimate of drug-likeness (QED) is 0.803. The predicted molar refractivity (Wildman–Crippen MR) is 79.0 cm³/mol. The molecule has 1 N–H and O–H groups in total. The van der Waals surface area contributed by atoms with Gasteiger partial charge in [0.15, 0.2) is 0 Å². The number of pyridine rings is 1. The Morgan fingerprint density at radius 1 is 1.13 bits per heavy atom. The van der Waals surface area contributed by atoms with Gasteiger partial charge in [0.25, 0.3) is 0 Å². The zero-order chi connectivity index (χ0) is 16.4. The summed E-state index contributed by atoms with van der Waals surface area (Å²) < 4.78 is 39.1. The summed E-state index contributed by atoms with van der Waals surface area (Å²) in [6, 6.07) is 9.82. The van der Waals surface area contributed by atoms with Gasteiger partial charge in [-0.25, -0.2) is 4.52 Å². The van der Waals surface area contributed by atoms with Crippen molar-refractivity contribution in [3.63, 3.8) is 0 Å². The molecule has 0 unspecified atom stereocenters. The first-order valence-electron chi connectivity index (χ1n) is 6.81. The molecule has 23 heavy (non-hydrogen) atoms.